The Kier molecular flexibility index (Phi) is 7.83. The highest BCUT2D eigenvalue weighted by Crippen LogP contribution is 2.55. The lowest BCUT2D eigenvalue weighted by Gasteiger charge is -2.56. The standard InChI is InChI=1S/C29H43N2O3P/c1-7-9-18-30(23-20-28(3,4)31(33-19-8-2)29(5,6)21-23)22-35(32)27-17-13-11-15-25(27)24-14-10-12-16-26(24)34-35/h10-17,23H,7-9,18-22H2,1-6H3. The number of rotatable bonds is 9. The maximum absolute atomic E-state index is 14.7. The first-order valence-corrected chi connectivity index (χ1v) is 15.1. The van der Waals surface area contributed by atoms with Gasteiger partial charge < -0.3 is 4.52 Å². The lowest BCUT2D eigenvalue weighted by atomic mass is 9.78. The van der Waals surface area contributed by atoms with Crippen LogP contribution in [0, 0.1) is 0 Å². The van der Waals surface area contributed by atoms with Crippen LogP contribution in [0.25, 0.3) is 11.1 Å². The van der Waals surface area contributed by atoms with Crippen molar-refractivity contribution in [2.24, 2.45) is 0 Å². The van der Waals surface area contributed by atoms with Gasteiger partial charge in [0.25, 0.3) is 7.37 Å². The Morgan fingerprint density at radius 3 is 2.26 bits per heavy atom. The average Bonchev–Trinajstić information content (AvgIpc) is 2.80. The molecule has 2 aromatic rings. The molecule has 4 rings (SSSR count). The van der Waals surface area contributed by atoms with Crippen molar-refractivity contribution in [3.05, 3.63) is 48.5 Å². The van der Waals surface area contributed by atoms with E-state index in [0.29, 0.717) is 12.3 Å². The van der Waals surface area contributed by atoms with Crippen LogP contribution in [-0.2, 0) is 9.40 Å². The molecule has 1 unspecified atom stereocenters. The maximum atomic E-state index is 14.7. The lowest BCUT2D eigenvalue weighted by Crippen LogP contribution is -2.64. The van der Waals surface area contributed by atoms with E-state index in [1.54, 1.807) is 0 Å². The van der Waals surface area contributed by atoms with E-state index in [-0.39, 0.29) is 11.1 Å². The summed E-state index contributed by atoms with van der Waals surface area (Å²) in [7, 11) is -3.13. The topological polar surface area (TPSA) is 42.0 Å². The summed E-state index contributed by atoms with van der Waals surface area (Å²) in [5, 5.41) is 3.07. The second-order valence-electron chi connectivity index (χ2n) is 11.4. The van der Waals surface area contributed by atoms with Crippen molar-refractivity contribution in [2.75, 3.05) is 19.4 Å². The molecule has 0 aliphatic carbocycles. The summed E-state index contributed by atoms with van der Waals surface area (Å²) in [4.78, 5) is 8.73. The SMILES string of the molecule is CCCCN(CP1(=O)Oc2ccccc2-c2ccccc21)C1CC(C)(C)N(OCCC)C(C)(C)C1. The molecule has 6 heteroatoms. The summed E-state index contributed by atoms with van der Waals surface area (Å²) in [6, 6.07) is 16.4. The predicted molar refractivity (Wildman–Crippen MR) is 145 cm³/mol. The molecule has 5 nitrogen and oxygen atoms in total. The van der Waals surface area contributed by atoms with Gasteiger partial charge in [-0.2, -0.15) is 5.06 Å². The molecule has 35 heavy (non-hydrogen) atoms. The van der Waals surface area contributed by atoms with Gasteiger partial charge in [0.2, 0.25) is 0 Å². The number of benzene rings is 2. The first-order chi connectivity index (χ1) is 16.6. The third-order valence-electron chi connectivity index (χ3n) is 7.37. The van der Waals surface area contributed by atoms with Crippen LogP contribution >= 0.6 is 7.37 Å². The number of hydroxylamine groups is 2. The summed E-state index contributed by atoms with van der Waals surface area (Å²) in [5.74, 6) is 0.730. The fourth-order valence-corrected chi connectivity index (χ4v) is 8.56. The first kappa shape index (κ1) is 26.4. The molecule has 2 aromatic carbocycles. The molecule has 0 amide bonds. The Labute approximate surface area is 212 Å². The Bertz CT molecular complexity index is 1050. The highest BCUT2D eigenvalue weighted by molar-refractivity contribution is 7.67. The zero-order valence-electron chi connectivity index (χ0n) is 22.4. The average molecular weight is 499 g/mol. The minimum atomic E-state index is -3.13. The molecule has 0 spiro atoms. The zero-order valence-corrected chi connectivity index (χ0v) is 23.3. The van der Waals surface area contributed by atoms with Crippen molar-refractivity contribution >= 4 is 12.7 Å². The van der Waals surface area contributed by atoms with Crippen molar-refractivity contribution in [1.29, 1.82) is 0 Å². The third kappa shape index (κ3) is 5.39. The molecule has 192 valence electrons. The summed E-state index contributed by atoms with van der Waals surface area (Å²) >= 11 is 0. The van der Waals surface area contributed by atoms with Gasteiger partial charge in [-0.15, -0.1) is 0 Å². The number of fused-ring (bicyclic) bond motifs is 3. The summed E-state index contributed by atoms with van der Waals surface area (Å²) in [6.07, 6.45) is 5.53. The van der Waals surface area contributed by atoms with Crippen LogP contribution in [0.1, 0.15) is 73.6 Å². The largest absolute Gasteiger partial charge is 0.438 e. The Balaban J connectivity index is 1.66. The van der Waals surface area contributed by atoms with E-state index in [0.717, 1.165) is 67.4 Å². The van der Waals surface area contributed by atoms with Gasteiger partial charge in [-0.3, -0.25) is 14.3 Å². The minimum absolute atomic E-state index is 0.127. The summed E-state index contributed by atoms with van der Waals surface area (Å²) in [6.45, 7) is 15.1. The Morgan fingerprint density at radius 1 is 0.971 bits per heavy atom. The Morgan fingerprint density at radius 2 is 1.60 bits per heavy atom. The van der Waals surface area contributed by atoms with Crippen LogP contribution in [0.2, 0.25) is 0 Å². The van der Waals surface area contributed by atoms with Crippen molar-refractivity contribution in [3.63, 3.8) is 0 Å². The third-order valence-corrected chi connectivity index (χ3v) is 9.72. The van der Waals surface area contributed by atoms with Gasteiger partial charge in [0.15, 0.2) is 0 Å². The monoisotopic (exact) mass is 498 g/mol. The molecule has 0 bridgehead atoms. The van der Waals surface area contributed by atoms with Gasteiger partial charge in [0, 0.05) is 22.7 Å². The number of para-hydroxylation sites is 1. The molecule has 2 aliphatic rings. The van der Waals surface area contributed by atoms with E-state index >= 15 is 0 Å². The molecular formula is C29H43N2O3P. The van der Waals surface area contributed by atoms with Gasteiger partial charge in [0.1, 0.15) is 5.75 Å². The van der Waals surface area contributed by atoms with Crippen LogP contribution < -0.4 is 9.83 Å². The van der Waals surface area contributed by atoms with Crippen LogP contribution in [-0.4, -0.2) is 46.5 Å². The number of hydrogen-bond donors (Lipinski definition) is 0. The molecule has 1 saturated heterocycles. The van der Waals surface area contributed by atoms with E-state index in [9.17, 15) is 4.57 Å². The number of unbranched alkanes of at least 4 members (excludes halogenated alkanes) is 1. The molecule has 0 saturated carbocycles. The zero-order chi connectivity index (χ0) is 25.3. The summed E-state index contributed by atoms with van der Waals surface area (Å²) < 4.78 is 21.1. The maximum Gasteiger partial charge on any atom is 0.291 e. The fraction of sp³-hybridized carbons (Fsp3) is 0.586. The number of nitrogens with zero attached hydrogens (tertiary/aromatic N) is 2. The van der Waals surface area contributed by atoms with Gasteiger partial charge in [-0.1, -0.05) is 56.7 Å². The second kappa shape index (κ2) is 10.4. The molecule has 0 aromatic heterocycles. The van der Waals surface area contributed by atoms with Gasteiger partial charge in [0.05, 0.1) is 18.2 Å². The number of hydrogen-bond acceptors (Lipinski definition) is 5. The van der Waals surface area contributed by atoms with Crippen LogP contribution in [0.4, 0.5) is 0 Å². The molecular weight excluding hydrogens is 455 g/mol. The van der Waals surface area contributed by atoms with Crippen molar-refractivity contribution in [1.82, 2.24) is 9.96 Å². The molecule has 1 fully saturated rings. The summed E-state index contributed by atoms with van der Waals surface area (Å²) in [5.41, 5.74) is 1.81. The number of piperidine rings is 1. The quantitative estimate of drug-likeness (QED) is 0.346. The highest BCUT2D eigenvalue weighted by Gasteiger charge is 2.49. The van der Waals surface area contributed by atoms with Crippen LogP contribution in [0.3, 0.4) is 0 Å². The highest BCUT2D eigenvalue weighted by atomic mass is 31.2. The molecule has 1 atom stereocenters. The molecule has 0 N–H and O–H groups in total. The predicted octanol–water partition coefficient (Wildman–Crippen LogP) is 7.07. The van der Waals surface area contributed by atoms with Crippen molar-refractivity contribution in [2.45, 2.75) is 90.8 Å². The van der Waals surface area contributed by atoms with Gasteiger partial charge >= 0.3 is 0 Å². The first-order valence-electron chi connectivity index (χ1n) is 13.3. The van der Waals surface area contributed by atoms with Crippen LogP contribution in [0.5, 0.6) is 5.75 Å². The van der Waals surface area contributed by atoms with Gasteiger partial charge in [-0.05, 0) is 77.6 Å². The molecule has 2 heterocycles. The minimum Gasteiger partial charge on any atom is -0.438 e. The van der Waals surface area contributed by atoms with E-state index in [4.69, 9.17) is 9.36 Å². The normalized spacial score (nSPS) is 23.5. The van der Waals surface area contributed by atoms with E-state index in [1.165, 1.54) is 0 Å². The molecule has 2 aliphatic heterocycles. The molecule has 0 radical (unpaired) electrons. The van der Waals surface area contributed by atoms with E-state index in [1.807, 2.05) is 36.4 Å². The Hall–Kier alpha value is -1.65. The van der Waals surface area contributed by atoms with E-state index in [2.05, 4.69) is 63.6 Å². The smallest absolute Gasteiger partial charge is 0.291 e. The van der Waals surface area contributed by atoms with Crippen LogP contribution in [0.15, 0.2) is 48.5 Å². The second-order valence-corrected chi connectivity index (χ2v) is 13.7. The van der Waals surface area contributed by atoms with Gasteiger partial charge in [-0.25, -0.2) is 0 Å². The fourth-order valence-electron chi connectivity index (χ4n) is 6.05. The van der Waals surface area contributed by atoms with Crippen molar-refractivity contribution < 1.29 is 13.9 Å². The lowest BCUT2D eigenvalue weighted by molar-refractivity contribution is -0.288. The van der Waals surface area contributed by atoms with E-state index < -0.39 is 7.37 Å². The van der Waals surface area contributed by atoms with Crippen molar-refractivity contribution in [3.8, 4) is 16.9 Å².